The summed E-state index contributed by atoms with van der Waals surface area (Å²) in [4.78, 5) is 31.8. The lowest BCUT2D eigenvalue weighted by molar-refractivity contribution is 0.159. The Morgan fingerprint density at radius 1 is 1.29 bits per heavy atom. The Kier molecular flexibility index (Phi) is 7.25. The fraction of sp³-hybridized carbons (Fsp3) is 0.462. The molecule has 3 heterocycles. The molecule has 0 aliphatic carbocycles. The van der Waals surface area contributed by atoms with Crippen molar-refractivity contribution in [2.24, 2.45) is 0 Å². The summed E-state index contributed by atoms with van der Waals surface area (Å²) in [5.41, 5.74) is 2.64. The number of anilines is 1. The SMILES string of the molecule is CCN1C(=O)N2Cc3cc(OC)cc(OC)c3CC/C=C\2C1(C)CCN(C)C(=O)Nc1cccs1. The van der Waals surface area contributed by atoms with Gasteiger partial charge < -0.3 is 19.3 Å². The van der Waals surface area contributed by atoms with Gasteiger partial charge in [-0.3, -0.25) is 10.2 Å². The first-order valence-electron chi connectivity index (χ1n) is 11.9. The molecule has 2 aliphatic heterocycles. The van der Waals surface area contributed by atoms with Crippen molar-refractivity contribution in [2.75, 3.05) is 39.7 Å². The second-order valence-electron chi connectivity index (χ2n) is 9.06. The van der Waals surface area contributed by atoms with Crippen LogP contribution in [0.15, 0.2) is 41.4 Å². The Morgan fingerprint density at radius 3 is 2.74 bits per heavy atom. The highest BCUT2D eigenvalue weighted by molar-refractivity contribution is 7.14. The molecule has 1 fully saturated rings. The van der Waals surface area contributed by atoms with Gasteiger partial charge in [0.2, 0.25) is 0 Å². The second kappa shape index (κ2) is 10.2. The Bertz CT molecular complexity index is 1120. The van der Waals surface area contributed by atoms with Crippen LogP contribution >= 0.6 is 11.3 Å². The van der Waals surface area contributed by atoms with Crippen LogP contribution in [0.4, 0.5) is 14.6 Å². The third-order valence-corrected chi connectivity index (χ3v) is 7.82. The number of nitrogens with zero attached hydrogens (tertiary/aromatic N) is 3. The maximum atomic E-state index is 13.6. The molecule has 0 radical (unpaired) electrons. The molecular weight excluding hydrogens is 464 g/mol. The van der Waals surface area contributed by atoms with Gasteiger partial charge in [0.15, 0.2) is 0 Å². The number of rotatable bonds is 7. The van der Waals surface area contributed by atoms with Crippen molar-refractivity contribution < 1.29 is 19.1 Å². The van der Waals surface area contributed by atoms with Crippen molar-refractivity contribution in [1.82, 2.24) is 14.7 Å². The molecule has 4 rings (SSSR count). The number of hydrogen-bond acceptors (Lipinski definition) is 5. The number of nitrogens with one attached hydrogen (secondary N) is 1. The Hall–Kier alpha value is -3.20. The topological polar surface area (TPSA) is 74.4 Å². The summed E-state index contributed by atoms with van der Waals surface area (Å²) >= 11 is 1.49. The lowest BCUT2D eigenvalue weighted by Gasteiger charge is -2.35. The van der Waals surface area contributed by atoms with E-state index in [4.69, 9.17) is 9.47 Å². The number of likely N-dealkylation sites (N-methyl/N-ethyl adjacent to an activating group) is 1. The van der Waals surface area contributed by atoms with Crippen molar-refractivity contribution in [1.29, 1.82) is 0 Å². The average molecular weight is 499 g/mol. The van der Waals surface area contributed by atoms with Crippen LogP contribution < -0.4 is 14.8 Å². The lowest BCUT2D eigenvalue weighted by atomic mass is 9.89. The number of amides is 4. The molecule has 9 heteroatoms. The summed E-state index contributed by atoms with van der Waals surface area (Å²) < 4.78 is 11.1. The third kappa shape index (κ3) is 4.69. The van der Waals surface area contributed by atoms with Gasteiger partial charge >= 0.3 is 12.1 Å². The third-order valence-electron chi connectivity index (χ3n) is 7.04. The van der Waals surface area contributed by atoms with E-state index in [1.54, 1.807) is 26.2 Å². The monoisotopic (exact) mass is 498 g/mol. The van der Waals surface area contributed by atoms with Crippen LogP contribution in [-0.4, -0.2) is 66.7 Å². The molecule has 8 nitrogen and oxygen atoms in total. The van der Waals surface area contributed by atoms with Crippen molar-refractivity contribution in [3.8, 4) is 11.5 Å². The summed E-state index contributed by atoms with van der Waals surface area (Å²) in [6.07, 6.45) is 4.43. The molecule has 0 spiro atoms. The number of fused-ring (bicyclic) bond motifs is 2. The van der Waals surface area contributed by atoms with Crippen LogP contribution in [0, 0.1) is 0 Å². The van der Waals surface area contributed by atoms with Gasteiger partial charge in [-0.1, -0.05) is 6.08 Å². The van der Waals surface area contributed by atoms with E-state index in [2.05, 4.69) is 18.3 Å². The Balaban J connectivity index is 1.58. The number of benzene rings is 1. The largest absolute Gasteiger partial charge is 0.497 e. The average Bonchev–Trinajstić information content (AvgIpc) is 3.41. The van der Waals surface area contributed by atoms with Gasteiger partial charge in [-0.15, -0.1) is 11.3 Å². The van der Waals surface area contributed by atoms with Crippen LogP contribution in [0.3, 0.4) is 0 Å². The van der Waals surface area contributed by atoms with Crippen molar-refractivity contribution in [3.63, 3.8) is 0 Å². The maximum absolute atomic E-state index is 13.6. The van der Waals surface area contributed by atoms with Crippen LogP contribution in [-0.2, 0) is 13.0 Å². The Labute approximate surface area is 211 Å². The highest BCUT2D eigenvalue weighted by Gasteiger charge is 2.50. The van der Waals surface area contributed by atoms with Crippen molar-refractivity contribution in [2.45, 2.75) is 45.2 Å². The zero-order valence-electron chi connectivity index (χ0n) is 21.1. The van der Waals surface area contributed by atoms with E-state index in [1.807, 2.05) is 46.4 Å². The van der Waals surface area contributed by atoms with E-state index in [1.165, 1.54) is 11.3 Å². The highest BCUT2D eigenvalue weighted by Crippen LogP contribution is 2.42. The number of carbonyl (C=O) groups is 2. The van der Waals surface area contributed by atoms with E-state index in [0.29, 0.717) is 31.8 Å². The molecule has 1 aromatic heterocycles. The Morgan fingerprint density at radius 2 is 2.09 bits per heavy atom. The van der Waals surface area contributed by atoms with E-state index in [0.717, 1.165) is 40.4 Å². The summed E-state index contributed by atoms with van der Waals surface area (Å²) in [6, 6.07) is 7.52. The molecule has 1 atom stereocenters. The number of hydrogen-bond donors (Lipinski definition) is 1. The smallest absolute Gasteiger partial charge is 0.325 e. The zero-order valence-corrected chi connectivity index (χ0v) is 21.9. The quantitative estimate of drug-likeness (QED) is 0.572. The molecule has 0 saturated carbocycles. The van der Waals surface area contributed by atoms with Gasteiger partial charge in [-0.25, -0.2) is 9.59 Å². The predicted molar refractivity (Wildman–Crippen MR) is 138 cm³/mol. The van der Waals surface area contributed by atoms with Crippen LogP contribution in [0.25, 0.3) is 0 Å². The number of ether oxygens (including phenoxy) is 2. The molecule has 2 aliphatic rings. The van der Waals surface area contributed by atoms with Crippen molar-refractivity contribution >= 4 is 28.4 Å². The molecule has 0 bridgehead atoms. The number of methoxy groups -OCH3 is 2. The normalized spacial score (nSPS) is 20.8. The van der Waals surface area contributed by atoms with Gasteiger partial charge in [-0.05, 0) is 67.8 Å². The fourth-order valence-electron chi connectivity index (χ4n) is 5.08. The van der Waals surface area contributed by atoms with Crippen LogP contribution in [0.5, 0.6) is 11.5 Å². The standard InChI is InChI=1S/C26H34N4O4S/c1-6-30-25(32)29-17-18-15-19(33-4)16-21(34-5)20(18)9-7-10-22(29)26(30,2)12-13-28(3)24(31)27-23-11-8-14-35-23/h8,10-11,14-16H,6-7,9,12-13,17H2,1-5H3,(H,27,31)/b22-10-. The minimum absolute atomic E-state index is 0.0124. The first-order chi connectivity index (χ1) is 16.8. The summed E-state index contributed by atoms with van der Waals surface area (Å²) in [6.45, 7) is 5.67. The predicted octanol–water partition coefficient (Wildman–Crippen LogP) is 5.17. The maximum Gasteiger partial charge on any atom is 0.325 e. The minimum Gasteiger partial charge on any atom is -0.497 e. The van der Waals surface area contributed by atoms with E-state index in [9.17, 15) is 9.59 Å². The molecule has 1 aromatic carbocycles. The molecular formula is C26H34N4O4S. The molecule has 1 saturated heterocycles. The summed E-state index contributed by atoms with van der Waals surface area (Å²) in [5.74, 6) is 1.50. The minimum atomic E-state index is -0.510. The molecule has 188 valence electrons. The summed E-state index contributed by atoms with van der Waals surface area (Å²) in [5, 5.41) is 5.67. The number of urea groups is 2. The first-order valence-corrected chi connectivity index (χ1v) is 12.8. The highest BCUT2D eigenvalue weighted by atomic mass is 32.1. The van der Waals surface area contributed by atoms with E-state index < -0.39 is 5.54 Å². The second-order valence-corrected chi connectivity index (χ2v) is 10.0. The number of allylic oxidation sites excluding steroid dienone is 1. The molecule has 35 heavy (non-hydrogen) atoms. The molecule has 2 aromatic rings. The first kappa shape index (κ1) is 24.9. The van der Waals surface area contributed by atoms with Crippen LogP contribution in [0.2, 0.25) is 0 Å². The fourth-order valence-corrected chi connectivity index (χ4v) is 5.69. The molecule has 4 amide bonds. The number of carbonyl (C=O) groups excluding carboxylic acids is 2. The van der Waals surface area contributed by atoms with Crippen LogP contribution in [0.1, 0.15) is 37.8 Å². The van der Waals surface area contributed by atoms with Gasteiger partial charge in [0.25, 0.3) is 0 Å². The zero-order chi connectivity index (χ0) is 25.2. The molecule has 1 unspecified atom stereocenters. The van der Waals surface area contributed by atoms with Gasteiger partial charge in [0.05, 0.1) is 31.3 Å². The van der Waals surface area contributed by atoms with Gasteiger partial charge in [0.1, 0.15) is 11.5 Å². The van der Waals surface area contributed by atoms with Crippen molar-refractivity contribution in [3.05, 3.63) is 52.5 Å². The van der Waals surface area contributed by atoms with E-state index in [-0.39, 0.29) is 12.1 Å². The molecule has 1 N–H and O–H groups in total. The van der Waals surface area contributed by atoms with Gasteiger partial charge in [0, 0.05) is 31.9 Å². The van der Waals surface area contributed by atoms with E-state index >= 15 is 0 Å². The van der Waals surface area contributed by atoms with Gasteiger partial charge in [-0.2, -0.15) is 0 Å². The number of thiophene rings is 1. The summed E-state index contributed by atoms with van der Waals surface area (Å²) in [7, 11) is 5.09. The lowest BCUT2D eigenvalue weighted by Crippen LogP contribution is -2.46.